The lowest BCUT2D eigenvalue weighted by atomic mass is 10.2. The predicted molar refractivity (Wildman–Crippen MR) is 73.4 cm³/mol. The Labute approximate surface area is 109 Å². The largest absolute Gasteiger partial charge is 0.361 e. The topological polar surface area (TPSA) is 44.8 Å². The second kappa shape index (κ2) is 4.31. The molecule has 2 heterocycles. The molecule has 2 aromatic heterocycles. The summed E-state index contributed by atoms with van der Waals surface area (Å²) in [5.41, 5.74) is 2.17. The highest BCUT2D eigenvalue weighted by atomic mass is 35.5. The van der Waals surface area contributed by atoms with Crippen LogP contribution in [0.1, 0.15) is 0 Å². The number of hydrogen-bond acceptors (Lipinski definition) is 3. The summed E-state index contributed by atoms with van der Waals surface area (Å²) in [6.07, 6.45) is 3.39. The highest BCUT2D eigenvalue weighted by molar-refractivity contribution is 6.29. The maximum absolute atomic E-state index is 5.87. The summed E-state index contributed by atoms with van der Waals surface area (Å²) in [5, 5.41) is 1.61. The van der Waals surface area contributed by atoms with Crippen molar-refractivity contribution in [2.24, 2.45) is 0 Å². The number of nitrogens with one attached hydrogen (secondary N) is 1. The molecule has 0 atom stereocenters. The van der Waals surface area contributed by atoms with E-state index in [4.69, 9.17) is 11.6 Å². The Morgan fingerprint density at radius 2 is 2.06 bits per heavy atom. The van der Waals surface area contributed by atoms with Gasteiger partial charge in [0, 0.05) is 35.9 Å². The highest BCUT2D eigenvalue weighted by Gasteiger charge is 2.07. The first-order chi connectivity index (χ1) is 8.74. The van der Waals surface area contributed by atoms with Gasteiger partial charge in [-0.15, -0.1) is 0 Å². The van der Waals surface area contributed by atoms with E-state index in [-0.39, 0.29) is 0 Å². The van der Waals surface area contributed by atoms with Crippen molar-refractivity contribution in [3.05, 3.63) is 48.0 Å². The summed E-state index contributed by atoms with van der Waals surface area (Å²) < 4.78 is 0. The van der Waals surface area contributed by atoms with Crippen molar-refractivity contribution in [3.8, 4) is 0 Å². The molecule has 18 heavy (non-hydrogen) atoms. The number of H-pyrrole nitrogens is 1. The summed E-state index contributed by atoms with van der Waals surface area (Å²) in [6.45, 7) is 0. The summed E-state index contributed by atoms with van der Waals surface area (Å²) in [4.78, 5) is 13.2. The zero-order valence-corrected chi connectivity index (χ0v) is 10.5. The monoisotopic (exact) mass is 258 g/mol. The van der Waals surface area contributed by atoms with E-state index in [1.807, 2.05) is 36.3 Å². The van der Waals surface area contributed by atoms with Crippen molar-refractivity contribution < 1.29 is 0 Å². The average molecular weight is 259 g/mol. The molecule has 1 N–H and O–H groups in total. The fraction of sp³-hybridized carbons (Fsp3) is 0.0769. The van der Waals surface area contributed by atoms with E-state index in [9.17, 15) is 0 Å². The van der Waals surface area contributed by atoms with Crippen molar-refractivity contribution >= 4 is 34.0 Å². The van der Waals surface area contributed by atoms with Gasteiger partial charge in [0.25, 0.3) is 0 Å². The molecule has 0 bridgehead atoms. The van der Waals surface area contributed by atoms with Gasteiger partial charge in [0.1, 0.15) is 17.3 Å². The molecule has 0 saturated heterocycles. The number of halogens is 1. The number of hydrogen-bond donors (Lipinski definition) is 1. The van der Waals surface area contributed by atoms with Gasteiger partial charge < -0.3 is 9.88 Å². The van der Waals surface area contributed by atoms with Crippen molar-refractivity contribution in [1.29, 1.82) is 0 Å². The van der Waals surface area contributed by atoms with Crippen molar-refractivity contribution in [1.82, 2.24) is 15.0 Å². The Morgan fingerprint density at radius 1 is 1.17 bits per heavy atom. The van der Waals surface area contributed by atoms with E-state index in [0.29, 0.717) is 5.15 Å². The quantitative estimate of drug-likeness (QED) is 0.717. The Kier molecular flexibility index (Phi) is 2.64. The van der Waals surface area contributed by atoms with Crippen LogP contribution in [-0.4, -0.2) is 22.0 Å². The van der Waals surface area contributed by atoms with E-state index in [0.717, 1.165) is 17.0 Å². The summed E-state index contributed by atoms with van der Waals surface area (Å²) >= 11 is 5.87. The van der Waals surface area contributed by atoms with E-state index >= 15 is 0 Å². The number of anilines is 2. The zero-order chi connectivity index (χ0) is 12.5. The van der Waals surface area contributed by atoms with Crippen molar-refractivity contribution in [3.63, 3.8) is 0 Å². The summed E-state index contributed by atoms with van der Waals surface area (Å²) in [7, 11) is 1.95. The van der Waals surface area contributed by atoms with Crippen LogP contribution in [0.25, 0.3) is 10.9 Å². The molecule has 0 aliphatic carbocycles. The van der Waals surface area contributed by atoms with E-state index in [2.05, 4.69) is 21.0 Å². The van der Waals surface area contributed by atoms with Gasteiger partial charge in [-0.3, -0.25) is 0 Å². The molecule has 0 aliphatic heterocycles. The van der Waals surface area contributed by atoms with Crippen LogP contribution in [0.2, 0.25) is 5.15 Å². The van der Waals surface area contributed by atoms with Gasteiger partial charge in [0.05, 0.1) is 0 Å². The fourth-order valence-corrected chi connectivity index (χ4v) is 2.03. The van der Waals surface area contributed by atoms with Gasteiger partial charge >= 0.3 is 0 Å². The molecule has 0 aliphatic rings. The minimum absolute atomic E-state index is 0.439. The minimum atomic E-state index is 0.439. The van der Waals surface area contributed by atoms with Gasteiger partial charge in [0.15, 0.2) is 0 Å². The van der Waals surface area contributed by atoms with Gasteiger partial charge in [-0.2, -0.15) is 0 Å². The van der Waals surface area contributed by atoms with Crippen LogP contribution in [0.5, 0.6) is 0 Å². The van der Waals surface area contributed by atoms with E-state index < -0.39 is 0 Å². The average Bonchev–Trinajstić information content (AvgIpc) is 2.85. The molecule has 1 aromatic carbocycles. The van der Waals surface area contributed by atoms with Crippen LogP contribution in [0.3, 0.4) is 0 Å². The lowest BCUT2D eigenvalue weighted by molar-refractivity contribution is 1.08. The molecule has 4 nitrogen and oxygen atoms in total. The predicted octanol–water partition coefficient (Wildman–Crippen LogP) is 3.38. The highest BCUT2D eigenvalue weighted by Crippen LogP contribution is 2.26. The number of fused-ring (bicyclic) bond motifs is 1. The number of rotatable bonds is 2. The lowest BCUT2D eigenvalue weighted by Gasteiger charge is -2.18. The third kappa shape index (κ3) is 1.91. The SMILES string of the molecule is CN(c1ccc2[nH]ccc2c1)c1cc(Cl)ncn1. The third-order valence-corrected chi connectivity index (χ3v) is 3.09. The second-order valence-electron chi connectivity index (χ2n) is 4.01. The van der Waals surface area contributed by atoms with Gasteiger partial charge in [-0.25, -0.2) is 9.97 Å². The summed E-state index contributed by atoms with van der Waals surface area (Å²) in [5.74, 6) is 0.768. The molecular formula is C13H11ClN4. The Hall–Kier alpha value is -2.07. The summed E-state index contributed by atoms with van der Waals surface area (Å²) in [6, 6.07) is 9.96. The van der Waals surface area contributed by atoms with Crippen molar-refractivity contribution in [2.45, 2.75) is 0 Å². The molecule has 0 fully saturated rings. The van der Waals surface area contributed by atoms with Crippen LogP contribution < -0.4 is 4.90 Å². The maximum atomic E-state index is 5.87. The maximum Gasteiger partial charge on any atom is 0.137 e. The Morgan fingerprint density at radius 3 is 2.89 bits per heavy atom. The van der Waals surface area contributed by atoms with Crippen LogP contribution >= 0.6 is 11.6 Å². The van der Waals surface area contributed by atoms with Crippen LogP contribution in [0.15, 0.2) is 42.9 Å². The zero-order valence-electron chi connectivity index (χ0n) is 9.76. The molecule has 0 spiro atoms. The molecule has 3 rings (SSSR count). The van der Waals surface area contributed by atoms with Gasteiger partial charge in [0.2, 0.25) is 0 Å². The molecule has 0 saturated carbocycles. The van der Waals surface area contributed by atoms with E-state index in [1.54, 1.807) is 6.07 Å². The first-order valence-electron chi connectivity index (χ1n) is 5.52. The standard InChI is InChI=1S/C13H11ClN4/c1-18(13-7-12(14)16-8-17-13)10-2-3-11-9(6-10)4-5-15-11/h2-8,15H,1H3. The molecule has 5 heteroatoms. The number of aromatic nitrogens is 3. The second-order valence-corrected chi connectivity index (χ2v) is 4.39. The first-order valence-corrected chi connectivity index (χ1v) is 5.90. The lowest BCUT2D eigenvalue weighted by Crippen LogP contribution is -2.11. The molecule has 0 radical (unpaired) electrons. The van der Waals surface area contributed by atoms with Crippen LogP contribution in [0, 0.1) is 0 Å². The Bertz CT molecular complexity index is 692. The van der Waals surface area contributed by atoms with Crippen molar-refractivity contribution in [2.75, 3.05) is 11.9 Å². The van der Waals surface area contributed by atoms with Gasteiger partial charge in [-0.05, 0) is 24.3 Å². The molecule has 90 valence electrons. The third-order valence-electron chi connectivity index (χ3n) is 2.89. The fourth-order valence-electron chi connectivity index (χ4n) is 1.89. The number of aromatic amines is 1. The van der Waals surface area contributed by atoms with E-state index in [1.165, 1.54) is 11.7 Å². The number of benzene rings is 1. The molecule has 0 amide bonds. The Balaban J connectivity index is 2.02. The van der Waals surface area contributed by atoms with Gasteiger partial charge in [-0.1, -0.05) is 11.6 Å². The first kappa shape index (κ1) is 11.0. The molecule has 3 aromatic rings. The molecular weight excluding hydrogens is 248 g/mol. The number of nitrogens with zero attached hydrogens (tertiary/aromatic N) is 3. The minimum Gasteiger partial charge on any atom is -0.361 e. The van der Waals surface area contributed by atoms with Crippen LogP contribution in [-0.2, 0) is 0 Å². The molecule has 0 unspecified atom stereocenters. The smallest absolute Gasteiger partial charge is 0.137 e. The van der Waals surface area contributed by atoms with Crippen LogP contribution in [0.4, 0.5) is 11.5 Å². The normalized spacial score (nSPS) is 10.8.